The molecule has 176 valence electrons. The third-order valence-electron chi connectivity index (χ3n) is 4.97. The molecule has 1 aromatic rings. The van der Waals surface area contributed by atoms with Crippen molar-refractivity contribution in [3.8, 4) is 0 Å². The standard InChI is InChI=1S/C20H27N3O8S/c1-30-19(26)14-22(15-20(27)31-2)18(25)9-8-17(24)21-10-12-23(13-11-21)32(28,29)16-6-4-3-5-7-16/h3-7H,8-15H2,1-2H3. The summed E-state index contributed by atoms with van der Waals surface area (Å²) in [4.78, 5) is 50.6. The Bertz CT molecular complexity index is 909. The lowest BCUT2D eigenvalue weighted by Gasteiger charge is -2.34. The Morgan fingerprint density at radius 3 is 1.91 bits per heavy atom. The van der Waals surface area contributed by atoms with Crippen LogP contribution in [0.2, 0.25) is 0 Å². The molecule has 0 aliphatic carbocycles. The summed E-state index contributed by atoms with van der Waals surface area (Å²) in [5.74, 6) is -2.29. The van der Waals surface area contributed by atoms with Gasteiger partial charge in [-0.25, -0.2) is 8.42 Å². The molecule has 1 fully saturated rings. The third kappa shape index (κ3) is 6.76. The van der Waals surface area contributed by atoms with Gasteiger partial charge >= 0.3 is 11.9 Å². The van der Waals surface area contributed by atoms with E-state index in [0.717, 1.165) is 19.1 Å². The number of hydrogen-bond acceptors (Lipinski definition) is 8. The van der Waals surface area contributed by atoms with Crippen LogP contribution >= 0.6 is 0 Å². The monoisotopic (exact) mass is 469 g/mol. The second-order valence-electron chi connectivity index (χ2n) is 7.00. The third-order valence-corrected chi connectivity index (χ3v) is 6.89. The van der Waals surface area contributed by atoms with Gasteiger partial charge in [-0.15, -0.1) is 0 Å². The maximum Gasteiger partial charge on any atom is 0.325 e. The first-order valence-corrected chi connectivity index (χ1v) is 11.4. The van der Waals surface area contributed by atoms with Gasteiger partial charge in [0.05, 0.1) is 19.1 Å². The van der Waals surface area contributed by atoms with Crippen molar-refractivity contribution in [3.63, 3.8) is 0 Å². The van der Waals surface area contributed by atoms with E-state index in [0.29, 0.717) is 0 Å². The van der Waals surface area contributed by atoms with Gasteiger partial charge in [-0.1, -0.05) is 18.2 Å². The maximum atomic E-state index is 12.7. The number of rotatable bonds is 9. The van der Waals surface area contributed by atoms with Gasteiger partial charge in [0.1, 0.15) is 13.1 Å². The molecule has 1 heterocycles. The summed E-state index contributed by atoms with van der Waals surface area (Å²) < 4.78 is 35.7. The molecule has 1 aliphatic rings. The summed E-state index contributed by atoms with van der Waals surface area (Å²) in [5, 5.41) is 0. The van der Waals surface area contributed by atoms with Gasteiger partial charge < -0.3 is 19.3 Å². The molecule has 11 nitrogen and oxygen atoms in total. The van der Waals surface area contributed by atoms with E-state index in [1.165, 1.54) is 21.3 Å². The predicted molar refractivity (Wildman–Crippen MR) is 112 cm³/mol. The molecule has 0 radical (unpaired) electrons. The van der Waals surface area contributed by atoms with Crippen molar-refractivity contribution in [2.45, 2.75) is 17.7 Å². The number of esters is 2. The molecule has 0 atom stereocenters. The number of carbonyl (C=O) groups is 4. The highest BCUT2D eigenvalue weighted by Crippen LogP contribution is 2.17. The Hall–Kier alpha value is -2.99. The van der Waals surface area contributed by atoms with E-state index in [2.05, 4.69) is 9.47 Å². The Balaban J connectivity index is 1.88. The van der Waals surface area contributed by atoms with Crippen LogP contribution in [0.1, 0.15) is 12.8 Å². The first-order valence-electron chi connectivity index (χ1n) is 9.93. The summed E-state index contributed by atoms with van der Waals surface area (Å²) in [5.41, 5.74) is 0. The van der Waals surface area contributed by atoms with Crippen molar-refractivity contribution >= 4 is 33.8 Å². The first kappa shape index (κ1) is 25.3. The van der Waals surface area contributed by atoms with E-state index in [9.17, 15) is 27.6 Å². The molecule has 0 unspecified atom stereocenters. The molecular formula is C20H27N3O8S. The fourth-order valence-corrected chi connectivity index (χ4v) is 4.57. The maximum absolute atomic E-state index is 12.7. The molecule has 12 heteroatoms. The number of sulfonamides is 1. The lowest BCUT2D eigenvalue weighted by Crippen LogP contribution is -2.50. The van der Waals surface area contributed by atoms with E-state index < -0.39 is 41.0 Å². The number of nitrogens with zero attached hydrogens (tertiary/aromatic N) is 3. The summed E-state index contributed by atoms with van der Waals surface area (Å²) >= 11 is 0. The molecule has 0 N–H and O–H groups in total. The van der Waals surface area contributed by atoms with E-state index in [-0.39, 0.29) is 49.8 Å². The lowest BCUT2D eigenvalue weighted by molar-refractivity contribution is -0.152. The fraction of sp³-hybridized carbons (Fsp3) is 0.500. The Morgan fingerprint density at radius 2 is 1.41 bits per heavy atom. The zero-order valence-corrected chi connectivity index (χ0v) is 18.9. The number of hydrogen-bond donors (Lipinski definition) is 0. The average molecular weight is 470 g/mol. The predicted octanol–water partition coefficient (Wildman–Crippen LogP) is -0.526. The van der Waals surface area contributed by atoms with Crippen molar-refractivity contribution in [1.82, 2.24) is 14.1 Å². The first-order chi connectivity index (χ1) is 15.2. The molecule has 0 spiro atoms. The highest BCUT2D eigenvalue weighted by molar-refractivity contribution is 7.89. The molecule has 0 bridgehead atoms. The topological polar surface area (TPSA) is 131 Å². The van der Waals surface area contributed by atoms with Crippen LogP contribution in [0.4, 0.5) is 0 Å². The number of piperazine rings is 1. The zero-order chi connectivity index (χ0) is 23.7. The quantitative estimate of drug-likeness (QED) is 0.442. The molecule has 2 rings (SSSR count). The van der Waals surface area contributed by atoms with Gasteiger partial charge in [-0.3, -0.25) is 19.2 Å². The number of methoxy groups -OCH3 is 2. The molecule has 1 aliphatic heterocycles. The molecule has 1 saturated heterocycles. The van der Waals surface area contributed by atoms with Crippen LogP contribution < -0.4 is 0 Å². The Morgan fingerprint density at radius 1 is 0.875 bits per heavy atom. The minimum absolute atomic E-state index is 0.136. The summed E-state index contributed by atoms with van der Waals surface area (Å²) in [7, 11) is -1.32. The Kier molecular flexibility index (Phi) is 9.14. The second kappa shape index (κ2) is 11.6. The molecular weight excluding hydrogens is 442 g/mol. The van der Waals surface area contributed by atoms with Gasteiger partial charge in [0.25, 0.3) is 0 Å². The smallest absolute Gasteiger partial charge is 0.325 e. The van der Waals surface area contributed by atoms with Crippen LogP contribution in [0.3, 0.4) is 0 Å². The SMILES string of the molecule is COC(=O)CN(CC(=O)OC)C(=O)CCC(=O)N1CCN(S(=O)(=O)c2ccccc2)CC1. The van der Waals surface area contributed by atoms with Crippen molar-refractivity contribution in [2.24, 2.45) is 0 Å². The summed E-state index contributed by atoms with van der Waals surface area (Å²) in [6, 6.07) is 8.06. The molecule has 2 amide bonds. The van der Waals surface area contributed by atoms with Crippen LogP contribution in [0.15, 0.2) is 35.2 Å². The van der Waals surface area contributed by atoms with E-state index in [4.69, 9.17) is 0 Å². The van der Waals surface area contributed by atoms with Gasteiger partial charge in [-0.05, 0) is 12.1 Å². The lowest BCUT2D eigenvalue weighted by atomic mass is 10.2. The van der Waals surface area contributed by atoms with Crippen molar-refractivity contribution < 1.29 is 37.1 Å². The molecule has 0 aromatic heterocycles. The summed E-state index contributed by atoms with van der Waals surface area (Å²) in [6.45, 7) is -0.176. The van der Waals surface area contributed by atoms with Crippen LogP contribution in [-0.2, 0) is 38.7 Å². The highest BCUT2D eigenvalue weighted by atomic mass is 32.2. The van der Waals surface area contributed by atoms with Crippen LogP contribution in [-0.4, -0.2) is 99.8 Å². The fourth-order valence-electron chi connectivity index (χ4n) is 3.12. The van der Waals surface area contributed by atoms with Gasteiger partial charge in [0.15, 0.2) is 0 Å². The normalized spacial score (nSPS) is 14.5. The number of amides is 2. The van der Waals surface area contributed by atoms with Crippen molar-refractivity contribution in [3.05, 3.63) is 30.3 Å². The number of ether oxygens (including phenoxy) is 2. The average Bonchev–Trinajstić information content (AvgIpc) is 2.82. The second-order valence-corrected chi connectivity index (χ2v) is 8.94. The van der Waals surface area contributed by atoms with Crippen molar-refractivity contribution in [2.75, 3.05) is 53.5 Å². The van der Waals surface area contributed by atoms with Crippen LogP contribution in [0.5, 0.6) is 0 Å². The number of benzene rings is 1. The highest BCUT2D eigenvalue weighted by Gasteiger charge is 2.30. The Labute approximate surface area is 186 Å². The largest absolute Gasteiger partial charge is 0.468 e. The zero-order valence-electron chi connectivity index (χ0n) is 18.1. The van der Waals surface area contributed by atoms with Gasteiger partial charge in [0, 0.05) is 39.0 Å². The van der Waals surface area contributed by atoms with Gasteiger partial charge in [-0.2, -0.15) is 4.31 Å². The van der Waals surface area contributed by atoms with Gasteiger partial charge in [0.2, 0.25) is 21.8 Å². The molecule has 0 saturated carbocycles. The van der Waals surface area contributed by atoms with E-state index in [1.807, 2.05) is 0 Å². The minimum Gasteiger partial charge on any atom is -0.468 e. The molecule has 32 heavy (non-hydrogen) atoms. The van der Waals surface area contributed by atoms with Crippen LogP contribution in [0.25, 0.3) is 0 Å². The molecule has 1 aromatic carbocycles. The number of carbonyl (C=O) groups excluding carboxylic acids is 4. The van der Waals surface area contributed by atoms with Crippen molar-refractivity contribution in [1.29, 1.82) is 0 Å². The minimum atomic E-state index is -3.63. The van der Waals surface area contributed by atoms with E-state index >= 15 is 0 Å². The summed E-state index contributed by atoms with van der Waals surface area (Å²) in [6.07, 6.45) is -0.349. The van der Waals surface area contributed by atoms with Crippen LogP contribution in [0, 0.1) is 0 Å². The van der Waals surface area contributed by atoms with E-state index in [1.54, 1.807) is 18.2 Å².